The van der Waals surface area contributed by atoms with Crippen molar-refractivity contribution >= 4 is 11.9 Å². The maximum atomic E-state index is 11.3. The summed E-state index contributed by atoms with van der Waals surface area (Å²) < 4.78 is 5.03. The Morgan fingerprint density at radius 1 is 1.33 bits per heavy atom. The van der Waals surface area contributed by atoms with Crippen molar-refractivity contribution in [3.8, 4) is 0 Å². The van der Waals surface area contributed by atoms with Gasteiger partial charge in [-0.3, -0.25) is 10.3 Å². The summed E-state index contributed by atoms with van der Waals surface area (Å²) in [6.45, 7) is 9.13. The summed E-state index contributed by atoms with van der Waals surface area (Å²) in [6.07, 6.45) is 2.15. The van der Waals surface area contributed by atoms with Crippen LogP contribution in [-0.2, 0) is 11.3 Å². The molecule has 0 fully saturated rings. The van der Waals surface area contributed by atoms with Gasteiger partial charge in [0.2, 0.25) is 0 Å². The molecule has 6 nitrogen and oxygen atoms in total. The molecule has 1 amide bonds. The van der Waals surface area contributed by atoms with Gasteiger partial charge >= 0.3 is 6.09 Å². The van der Waals surface area contributed by atoms with Crippen LogP contribution < -0.4 is 5.32 Å². The number of aliphatic hydroxyl groups is 1. The third-order valence-corrected chi connectivity index (χ3v) is 1.50. The van der Waals surface area contributed by atoms with Crippen molar-refractivity contribution in [2.75, 3.05) is 5.32 Å². The Hall–Kier alpha value is -1.69. The van der Waals surface area contributed by atoms with Crippen LogP contribution in [0.3, 0.4) is 0 Å². The molecule has 0 saturated heterocycles. The number of carbonyl (C=O) groups excluding carboxylic acids is 1. The predicted octanol–water partition coefficient (Wildman–Crippen LogP) is 2.34. The first-order chi connectivity index (χ1) is 8.40. The lowest BCUT2D eigenvalue weighted by molar-refractivity contribution is 0.0635. The number of anilines is 1. The summed E-state index contributed by atoms with van der Waals surface area (Å²) in [5.74, 6) is 0.284. The van der Waals surface area contributed by atoms with Crippen molar-refractivity contribution in [2.45, 2.75) is 46.8 Å². The molecule has 102 valence electrons. The van der Waals surface area contributed by atoms with Gasteiger partial charge in [0.25, 0.3) is 0 Å². The number of ether oxygens (including phenoxy) is 1. The highest BCUT2D eigenvalue weighted by Crippen LogP contribution is 2.09. The van der Waals surface area contributed by atoms with E-state index >= 15 is 0 Å². The van der Waals surface area contributed by atoms with Crippen LogP contribution in [0.1, 0.15) is 40.3 Å². The zero-order valence-corrected chi connectivity index (χ0v) is 11.5. The normalized spacial score (nSPS) is 10.1. The Bertz CT molecular complexity index is 358. The molecule has 0 aromatic carbocycles. The highest BCUT2D eigenvalue weighted by molar-refractivity contribution is 5.83. The van der Waals surface area contributed by atoms with Crippen LogP contribution in [-0.4, -0.2) is 26.8 Å². The van der Waals surface area contributed by atoms with E-state index in [1.54, 1.807) is 20.8 Å². The van der Waals surface area contributed by atoms with Gasteiger partial charge in [-0.15, -0.1) is 0 Å². The van der Waals surface area contributed by atoms with Crippen LogP contribution in [0.2, 0.25) is 0 Å². The van der Waals surface area contributed by atoms with E-state index in [0.29, 0.717) is 5.69 Å². The fraction of sp³-hybridized carbons (Fsp3) is 0.583. The van der Waals surface area contributed by atoms with Crippen molar-refractivity contribution in [3.05, 3.63) is 18.1 Å². The minimum Gasteiger partial charge on any atom is -0.444 e. The summed E-state index contributed by atoms with van der Waals surface area (Å²) in [7, 11) is 0. The topological polar surface area (TPSA) is 84.3 Å². The Balaban J connectivity index is 0.00000137. The van der Waals surface area contributed by atoms with E-state index in [0.717, 1.165) is 0 Å². The number of nitrogens with one attached hydrogen (secondary N) is 1. The lowest BCUT2D eigenvalue weighted by Gasteiger charge is -2.19. The molecule has 0 aliphatic carbocycles. The summed E-state index contributed by atoms with van der Waals surface area (Å²) >= 11 is 0. The zero-order chi connectivity index (χ0) is 14.2. The number of aliphatic hydroxyl groups excluding tert-OH is 1. The van der Waals surface area contributed by atoms with Gasteiger partial charge in [-0.25, -0.2) is 9.78 Å². The van der Waals surface area contributed by atoms with Gasteiger partial charge in [0.15, 0.2) is 5.82 Å². The largest absolute Gasteiger partial charge is 0.444 e. The van der Waals surface area contributed by atoms with Crippen LogP contribution in [0.4, 0.5) is 10.6 Å². The van der Waals surface area contributed by atoms with E-state index in [-0.39, 0.29) is 12.4 Å². The molecule has 0 aliphatic heterocycles. The smallest absolute Gasteiger partial charge is 0.413 e. The van der Waals surface area contributed by atoms with E-state index < -0.39 is 11.7 Å². The summed E-state index contributed by atoms with van der Waals surface area (Å²) in [4.78, 5) is 19.1. The van der Waals surface area contributed by atoms with Gasteiger partial charge in [0.1, 0.15) is 5.60 Å². The number of nitrogens with zero attached hydrogens (tertiary/aromatic N) is 2. The molecule has 0 saturated carbocycles. The average Bonchev–Trinajstić information content (AvgIpc) is 2.30. The van der Waals surface area contributed by atoms with Crippen molar-refractivity contribution in [1.82, 2.24) is 9.97 Å². The van der Waals surface area contributed by atoms with Crippen LogP contribution in [0.5, 0.6) is 0 Å². The fourth-order valence-corrected chi connectivity index (χ4v) is 0.909. The lowest BCUT2D eigenvalue weighted by atomic mass is 10.2. The van der Waals surface area contributed by atoms with Crippen molar-refractivity contribution in [1.29, 1.82) is 0 Å². The van der Waals surface area contributed by atoms with Crippen molar-refractivity contribution in [3.63, 3.8) is 0 Å². The van der Waals surface area contributed by atoms with E-state index in [2.05, 4.69) is 15.3 Å². The molecule has 1 rings (SSSR count). The highest BCUT2D eigenvalue weighted by atomic mass is 16.6. The molecule has 0 spiro atoms. The van der Waals surface area contributed by atoms with Crippen LogP contribution in [0.25, 0.3) is 0 Å². The molecule has 18 heavy (non-hydrogen) atoms. The number of aromatic nitrogens is 2. The number of carbonyl (C=O) groups is 1. The molecule has 6 heteroatoms. The fourth-order valence-electron chi connectivity index (χ4n) is 0.909. The second-order valence-electron chi connectivity index (χ2n) is 4.18. The molecule has 0 radical (unpaired) electrons. The Labute approximate surface area is 107 Å². The molecule has 0 atom stereocenters. The highest BCUT2D eigenvalue weighted by Gasteiger charge is 2.16. The molecule has 0 unspecified atom stereocenters. The van der Waals surface area contributed by atoms with E-state index in [4.69, 9.17) is 9.84 Å². The molecular formula is C12H21N3O3. The van der Waals surface area contributed by atoms with Gasteiger partial charge < -0.3 is 9.84 Å². The molecule has 0 aliphatic rings. The van der Waals surface area contributed by atoms with Gasteiger partial charge in [0, 0.05) is 0 Å². The SMILES string of the molecule is CC.CC(C)(C)OC(=O)Nc1cnc(CO)cn1. The minimum atomic E-state index is -0.585. The summed E-state index contributed by atoms with van der Waals surface area (Å²) in [5.41, 5.74) is -0.113. The second kappa shape index (κ2) is 7.60. The first-order valence-electron chi connectivity index (χ1n) is 5.82. The Kier molecular flexibility index (Phi) is 6.89. The standard InChI is InChI=1S/C10H15N3O3.C2H6/c1-10(2,3)16-9(15)13-8-5-11-7(6-14)4-12-8;1-2/h4-5,14H,6H2,1-3H3,(H,12,13,15);1-2H3. The molecule has 0 bridgehead atoms. The van der Waals surface area contributed by atoms with Crippen LogP contribution >= 0.6 is 0 Å². The number of hydrogen-bond acceptors (Lipinski definition) is 5. The van der Waals surface area contributed by atoms with Crippen molar-refractivity contribution in [2.24, 2.45) is 0 Å². The second-order valence-corrected chi connectivity index (χ2v) is 4.18. The lowest BCUT2D eigenvalue weighted by Crippen LogP contribution is -2.27. The third-order valence-electron chi connectivity index (χ3n) is 1.50. The monoisotopic (exact) mass is 255 g/mol. The van der Waals surface area contributed by atoms with E-state index in [9.17, 15) is 4.79 Å². The van der Waals surface area contributed by atoms with Gasteiger partial charge in [-0.2, -0.15) is 0 Å². The molecule has 1 heterocycles. The third kappa shape index (κ3) is 6.80. The Morgan fingerprint density at radius 3 is 2.33 bits per heavy atom. The Morgan fingerprint density at radius 2 is 1.94 bits per heavy atom. The maximum Gasteiger partial charge on any atom is 0.413 e. The van der Waals surface area contributed by atoms with Gasteiger partial charge in [-0.1, -0.05) is 13.8 Å². The zero-order valence-electron chi connectivity index (χ0n) is 11.5. The number of rotatable bonds is 2. The average molecular weight is 255 g/mol. The van der Waals surface area contributed by atoms with E-state index in [1.165, 1.54) is 12.4 Å². The van der Waals surface area contributed by atoms with E-state index in [1.807, 2.05) is 13.8 Å². The predicted molar refractivity (Wildman–Crippen MR) is 69.2 cm³/mol. The summed E-state index contributed by atoms with van der Waals surface area (Å²) in [5, 5.41) is 11.2. The quantitative estimate of drug-likeness (QED) is 0.847. The first-order valence-corrected chi connectivity index (χ1v) is 5.82. The first kappa shape index (κ1) is 16.3. The molecule has 1 aromatic rings. The molecule has 2 N–H and O–H groups in total. The van der Waals surface area contributed by atoms with Crippen molar-refractivity contribution < 1.29 is 14.6 Å². The van der Waals surface area contributed by atoms with Gasteiger partial charge in [-0.05, 0) is 20.8 Å². The maximum absolute atomic E-state index is 11.3. The molecular weight excluding hydrogens is 234 g/mol. The van der Waals surface area contributed by atoms with Crippen LogP contribution in [0.15, 0.2) is 12.4 Å². The van der Waals surface area contributed by atoms with Crippen LogP contribution in [0, 0.1) is 0 Å². The number of hydrogen-bond donors (Lipinski definition) is 2. The van der Waals surface area contributed by atoms with Gasteiger partial charge in [0.05, 0.1) is 24.7 Å². The number of amides is 1. The summed E-state index contributed by atoms with van der Waals surface area (Å²) in [6, 6.07) is 0. The molecule has 1 aromatic heterocycles. The minimum absolute atomic E-state index is 0.181.